The van der Waals surface area contributed by atoms with Gasteiger partial charge in [0.05, 0.1) is 24.2 Å². The van der Waals surface area contributed by atoms with Crippen LogP contribution in [-0.2, 0) is 6.42 Å². The van der Waals surface area contributed by atoms with Crippen molar-refractivity contribution < 1.29 is 19.1 Å². The molecule has 6 rings (SSSR count). The van der Waals surface area contributed by atoms with Crippen molar-refractivity contribution in [1.82, 2.24) is 25.1 Å². The van der Waals surface area contributed by atoms with Gasteiger partial charge in [0, 0.05) is 46.9 Å². The smallest absolute Gasteiger partial charge is 0.324 e. The molecule has 12 nitrogen and oxygen atoms in total. The molecular weight excluding hydrogens is 644 g/mol. The molecular formula is C39H40N8O4. The molecule has 0 radical (unpaired) electrons. The zero-order chi connectivity index (χ0) is 35.6. The number of unbranched alkanes of at least 4 members (excludes halogenated alkanes) is 1. The van der Waals surface area contributed by atoms with Crippen molar-refractivity contribution in [2.75, 3.05) is 29.6 Å². The molecule has 0 saturated carbocycles. The summed E-state index contributed by atoms with van der Waals surface area (Å²) in [5, 5.41) is 18.4. The van der Waals surface area contributed by atoms with Crippen LogP contribution in [0.5, 0.6) is 17.4 Å². The van der Waals surface area contributed by atoms with Gasteiger partial charge in [0.15, 0.2) is 0 Å². The average Bonchev–Trinajstić information content (AvgIpc) is 3.56. The fourth-order valence-corrected chi connectivity index (χ4v) is 5.44. The molecule has 0 aliphatic carbocycles. The Morgan fingerprint density at radius 3 is 2.45 bits per heavy atom. The van der Waals surface area contributed by atoms with E-state index < -0.39 is 6.03 Å². The van der Waals surface area contributed by atoms with E-state index in [1.54, 1.807) is 54.4 Å². The Morgan fingerprint density at radius 1 is 0.843 bits per heavy atom. The van der Waals surface area contributed by atoms with E-state index >= 15 is 0 Å². The molecule has 2 heterocycles. The van der Waals surface area contributed by atoms with E-state index in [-0.39, 0.29) is 5.91 Å². The van der Waals surface area contributed by atoms with Gasteiger partial charge in [-0.1, -0.05) is 50.6 Å². The molecule has 6 aromatic rings. The van der Waals surface area contributed by atoms with E-state index in [2.05, 4.69) is 38.2 Å². The summed E-state index contributed by atoms with van der Waals surface area (Å²) in [5.74, 6) is 2.32. The van der Waals surface area contributed by atoms with Crippen LogP contribution in [0, 0.1) is 0 Å². The number of nitrogens with zero attached hydrogens (tertiary/aromatic N) is 4. The van der Waals surface area contributed by atoms with E-state index in [0.29, 0.717) is 46.9 Å². The lowest BCUT2D eigenvalue weighted by atomic mass is 10.1. The number of nitrogens with one attached hydrogen (secondary N) is 4. The number of carbonyl (C=O) groups excluding carboxylic acids is 2. The zero-order valence-electron chi connectivity index (χ0n) is 28.8. The molecule has 51 heavy (non-hydrogen) atoms. The number of benzene rings is 4. The second kappa shape index (κ2) is 16.3. The van der Waals surface area contributed by atoms with Gasteiger partial charge >= 0.3 is 6.03 Å². The van der Waals surface area contributed by atoms with Gasteiger partial charge in [-0.25, -0.2) is 14.5 Å². The van der Waals surface area contributed by atoms with E-state index in [4.69, 9.17) is 14.6 Å². The summed E-state index contributed by atoms with van der Waals surface area (Å²) < 4.78 is 13.3. The number of amides is 3. The van der Waals surface area contributed by atoms with Crippen LogP contribution in [0.1, 0.15) is 49.2 Å². The number of methoxy groups -OCH3 is 1. The number of carbonyl (C=O) groups is 2. The first-order chi connectivity index (χ1) is 24.9. The van der Waals surface area contributed by atoms with Crippen LogP contribution in [0.15, 0.2) is 103 Å². The largest absolute Gasteiger partial charge is 0.497 e. The standard InChI is InChI=1S/C39H40N8O4/c1-4-6-11-28-25-35(47(46-28)29-15-17-30(50-3)18-16-29)44-39(49)43-33-19-20-34(32-14-8-7-13-31(32)33)51-36-21-23-41-38(45-36)42-27-12-9-10-26(24-27)37(48)40-22-5-2/h7-10,12-21,23-25H,4-6,11,22H2,1-3H3,(H,40,48)(H,41,42,45)(H2,43,44,49). The minimum atomic E-state index is -0.413. The maximum atomic E-state index is 13.4. The van der Waals surface area contributed by atoms with Gasteiger partial charge in [0.2, 0.25) is 11.8 Å². The molecule has 0 unspecified atom stereocenters. The molecule has 0 fully saturated rings. The number of aromatic nitrogens is 4. The first-order valence-electron chi connectivity index (χ1n) is 16.9. The molecule has 0 atom stereocenters. The first kappa shape index (κ1) is 34.4. The van der Waals surface area contributed by atoms with Crippen molar-refractivity contribution in [3.8, 4) is 23.1 Å². The number of urea groups is 1. The quantitative estimate of drug-likeness (QED) is 0.0894. The summed E-state index contributed by atoms with van der Waals surface area (Å²) >= 11 is 0. The Balaban J connectivity index is 1.18. The highest BCUT2D eigenvalue weighted by atomic mass is 16.5. The van der Waals surface area contributed by atoms with Gasteiger partial charge in [-0.05, 0) is 73.9 Å². The number of hydrogen-bond acceptors (Lipinski definition) is 8. The van der Waals surface area contributed by atoms with Gasteiger partial charge < -0.3 is 25.4 Å². The summed E-state index contributed by atoms with van der Waals surface area (Å²) in [7, 11) is 1.62. The van der Waals surface area contributed by atoms with Crippen molar-refractivity contribution in [2.45, 2.75) is 39.5 Å². The summed E-state index contributed by atoms with van der Waals surface area (Å²) in [6, 6.07) is 29.0. The zero-order valence-corrected chi connectivity index (χ0v) is 28.8. The summed E-state index contributed by atoms with van der Waals surface area (Å²) in [6.07, 6.45) is 5.28. The molecule has 12 heteroatoms. The van der Waals surface area contributed by atoms with Crippen LogP contribution in [0.3, 0.4) is 0 Å². The van der Waals surface area contributed by atoms with Gasteiger partial charge in [-0.2, -0.15) is 10.1 Å². The Hall–Kier alpha value is -6.43. The molecule has 4 aromatic carbocycles. The van der Waals surface area contributed by atoms with Crippen molar-refractivity contribution >= 4 is 45.9 Å². The molecule has 0 saturated heterocycles. The monoisotopic (exact) mass is 684 g/mol. The van der Waals surface area contributed by atoms with Crippen LogP contribution in [0.25, 0.3) is 16.5 Å². The van der Waals surface area contributed by atoms with Crippen molar-refractivity contribution in [1.29, 1.82) is 0 Å². The Labute approximate surface area is 296 Å². The Kier molecular flexibility index (Phi) is 11.0. The van der Waals surface area contributed by atoms with Gasteiger partial charge in [0.25, 0.3) is 5.91 Å². The molecule has 0 aliphatic heterocycles. The molecule has 0 aliphatic rings. The van der Waals surface area contributed by atoms with Gasteiger partial charge in [-0.15, -0.1) is 0 Å². The topological polar surface area (TPSA) is 144 Å². The lowest BCUT2D eigenvalue weighted by Gasteiger charge is -2.14. The van der Waals surface area contributed by atoms with Gasteiger partial charge in [-0.3, -0.25) is 10.1 Å². The molecule has 4 N–H and O–H groups in total. The lowest BCUT2D eigenvalue weighted by Crippen LogP contribution is -2.23. The Bertz CT molecular complexity index is 2130. The van der Waals surface area contributed by atoms with Crippen molar-refractivity contribution in [3.63, 3.8) is 0 Å². The van der Waals surface area contributed by atoms with Crippen LogP contribution in [0.4, 0.5) is 27.9 Å². The summed E-state index contributed by atoms with van der Waals surface area (Å²) in [6.45, 7) is 4.75. The van der Waals surface area contributed by atoms with E-state index in [9.17, 15) is 9.59 Å². The molecule has 260 valence electrons. The van der Waals surface area contributed by atoms with E-state index in [1.165, 1.54) is 0 Å². The maximum absolute atomic E-state index is 13.4. The number of hydrogen-bond donors (Lipinski definition) is 4. The minimum Gasteiger partial charge on any atom is -0.497 e. The number of anilines is 4. The number of aryl methyl sites for hydroxylation is 1. The third kappa shape index (κ3) is 8.60. The van der Waals surface area contributed by atoms with Crippen molar-refractivity contribution in [3.05, 3.63) is 115 Å². The first-order valence-corrected chi connectivity index (χ1v) is 16.9. The second-order valence-corrected chi connectivity index (χ2v) is 11.8. The highest BCUT2D eigenvalue weighted by Crippen LogP contribution is 2.34. The highest BCUT2D eigenvalue weighted by molar-refractivity contribution is 6.07. The van der Waals surface area contributed by atoms with Gasteiger partial charge in [0.1, 0.15) is 17.3 Å². The molecule has 0 bridgehead atoms. The van der Waals surface area contributed by atoms with Crippen LogP contribution in [-0.4, -0.2) is 45.3 Å². The van der Waals surface area contributed by atoms with Crippen LogP contribution in [0.2, 0.25) is 0 Å². The van der Waals surface area contributed by atoms with Crippen LogP contribution < -0.4 is 30.7 Å². The molecule has 0 spiro atoms. The predicted octanol–water partition coefficient (Wildman–Crippen LogP) is 8.49. The summed E-state index contributed by atoms with van der Waals surface area (Å²) in [5.41, 5.74) is 3.49. The third-order valence-corrected chi connectivity index (χ3v) is 8.00. The number of rotatable bonds is 14. The second-order valence-electron chi connectivity index (χ2n) is 11.8. The fraction of sp³-hybridized carbons (Fsp3) is 0.205. The summed E-state index contributed by atoms with van der Waals surface area (Å²) in [4.78, 5) is 34.7. The minimum absolute atomic E-state index is 0.141. The SMILES string of the molecule is CCCCc1cc(NC(=O)Nc2ccc(Oc3ccnc(Nc4cccc(C(=O)NCCC)c4)n3)c3ccccc23)n(-c2ccc(OC)cc2)n1. The highest BCUT2D eigenvalue weighted by Gasteiger charge is 2.16. The predicted molar refractivity (Wildman–Crippen MR) is 200 cm³/mol. The number of fused-ring (bicyclic) bond motifs is 1. The maximum Gasteiger partial charge on any atom is 0.324 e. The van der Waals surface area contributed by atoms with Crippen LogP contribution >= 0.6 is 0 Å². The van der Waals surface area contributed by atoms with E-state index in [0.717, 1.165) is 53.6 Å². The average molecular weight is 685 g/mol. The van der Waals surface area contributed by atoms with Crippen molar-refractivity contribution in [2.24, 2.45) is 0 Å². The number of ether oxygens (including phenoxy) is 2. The molecule has 3 amide bonds. The lowest BCUT2D eigenvalue weighted by molar-refractivity contribution is 0.0953. The normalized spacial score (nSPS) is 10.8. The Morgan fingerprint density at radius 2 is 1.67 bits per heavy atom. The third-order valence-electron chi connectivity index (χ3n) is 8.00. The van der Waals surface area contributed by atoms with E-state index in [1.807, 2.05) is 67.6 Å². The fourth-order valence-electron chi connectivity index (χ4n) is 5.44. The molecule has 2 aromatic heterocycles.